The van der Waals surface area contributed by atoms with Crippen LogP contribution in [-0.4, -0.2) is 10.8 Å². The topological polar surface area (TPSA) is 53.8 Å². The van der Waals surface area contributed by atoms with E-state index in [1.165, 1.54) is 0 Å². The zero-order valence-corrected chi connectivity index (χ0v) is 11.6. The fourth-order valence-corrected chi connectivity index (χ4v) is 1.97. The Hall–Kier alpha value is -2.68. The monoisotopic (exact) mass is 304 g/mol. The molecule has 1 aromatic carbocycles. The van der Waals surface area contributed by atoms with Gasteiger partial charge in [0.05, 0.1) is 17.3 Å². The van der Waals surface area contributed by atoms with Gasteiger partial charge in [-0.05, 0) is 25.1 Å². The number of nitriles is 1. The summed E-state index contributed by atoms with van der Waals surface area (Å²) in [4.78, 5) is 15.9. The number of nitrogens with zero attached hydrogens (tertiary/aromatic N) is 2. The maximum absolute atomic E-state index is 12.5. The second-order valence-electron chi connectivity index (χ2n) is 4.77. The lowest BCUT2D eigenvalue weighted by Gasteiger charge is -2.10. The first-order valence-corrected chi connectivity index (χ1v) is 6.36. The van der Waals surface area contributed by atoms with Crippen molar-refractivity contribution in [2.75, 3.05) is 0 Å². The lowest BCUT2D eigenvalue weighted by molar-refractivity contribution is -0.137. The second-order valence-corrected chi connectivity index (χ2v) is 4.77. The molecule has 0 bridgehead atoms. The van der Waals surface area contributed by atoms with E-state index < -0.39 is 23.4 Å². The minimum absolute atomic E-state index is 0.00186. The predicted octanol–water partition coefficient (Wildman–Crippen LogP) is 3.90. The van der Waals surface area contributed by atoms with Crippen LogP contribution in [0.3, 0.4) is 0 Å². The molecule has 1 atom stereocenters. The molecule has 0 spiro atoms. The van der Waals surface area contributed by atoms with Crippen molar-refractivity contribution in [3.8, 4) is 6.07 Å². The summed E-state index contributed by atoms with van der Waals surface area (Å²) in [6.07, 6.45) is -3.88. The second kappa shape index (κ2) is 5.98. The highest BCUT2D eigenvalue weighted by Gasteiger charge is 2.31. The smallest absolute Gasteiger partial charge is 0.292 e. The number of alkyl halides is 3. The standard InChI is InChI=1S/C16H11F3N2O/c1-10-3-2-4-11(7-10)15(22)13(8-20)14-6-5-12(9-21-14)16(17,18)19/h2-7,9,13H,1H3. The van der Waals surface area contributed by atoms with E-state index in [9.17, 15) is 23.2 Å². The minimum Gasteiger partial charge on any atom is -0.292 e. The first-order chi connectivity index (χ1) is 10.3. The number of carbonyl (C=O) groups is 1. The van der Waals surface area contributed by atoms with Crippen molar-refractivity contribution >= 4 is 5.78 Å². The number of hydrogen-bond donors (Lipinski definition) is 0. The maximum atomic E-state index is 12.5. The Bertz CT molecular complexity index is 730. The normalized spacial score (nSPS) is 12.5. The van der Waals surface area contributed by atoms with E-state index in [1.54, 1.807) is 37.3 Å². The third kappa shape index (κ3) is 3.31. The zero-order valence-electron chi connectivity index (χ0n) is 11.6. The predicted molar refractivity (Wildman–Crippen MR) is 73.1 cm³/mol. The number of pyridine rings is 1. The molecule has 0 aliphatic heterocycles. The Morgan fingerprint density at radius 1 is 1.27 bits per heavy atom. The summed E-state index contributed by atoms with van der Waals surface area (Å²) in [6, 6.07) is 10.3. The molecular formula is C16H11F3N2O. The summed E-state index contributed by atoms with van der Waals surface area (Å²) in [5, 5.41) is 9.18. The van der Waals surface area contributed by atoms with E-state index in [2.05, 4.69) is 4.98 Å². The molecule has 2 rings (SSSR count). The minimum atomic E-state index is -4.51. The molecule has 1 unspecified atom stereocenters. The van der Waals surface area contributed by atoms with Gasteiger partial charge in [0.1, 0.15) is 0 Å². The number of rotatable bonds is 3. The zero-order chi connectivity index (χ0) is 16.3. The fourth-order valence-electron chi connectivity index (χ4n) is 1.97. The van der Waals surface area contributed by atoms with Crippen LogP contribution in [0.25, 0.3) is 0 Å². The molecule has 0 saturated heterocycles. The van der Waals surface area contributed by atoms with Crippen molar-refractivity contribution in [1.29, 1.82) is 5.26 Å². The highest BCUT2D eigenvalue weighted by Crippen LogP contribution is 2.29. The molecule has 0 aliphatic rings. The third-order valence-corrected chi connectivity index (χ3v) is 3.10. The first-order valence-electron chi connectivity index (χ1n) is 6.36. The van der Waals surface area contributed by atoms with Crippen LogP contribution in [0.2, 0.25) is 0 Å². The van der Waals surface area contributed by atoms with E-state index in [-0.39, 0.29) is 5.69 Å². The van der Waals surface area contributed by atoms with Crippen LogP contribution in [0.1, 0.15) is 33.1 Å². The van der Waals surface area contributed by atoms with Gasteiger partial charge >= 0.3 is 6.18 Å². The third-order valence-electron chi connectivity index (χ3n) is 3.10. The van der Waals surface area contributed by atoms with Crippen LogP contribution < -0.4 is 0 Å². The van der Waals surface area contributed by atoms with E-state index in [4.69, 9.17) is 0 Å². The highest BCUT2D eigenvalue weighted by molar-refractivity contribution is 6.02. The quantitative estimate of drug-likeness (QED) is 0.808. The van der Waals surface area contributed by atoms with Gasteiger partial charge in [-0.25, -0.2) is 0 Å². The van der Waals surface area contributed by atoms with Crippen LogP contribution in [0.5, 0.6) is 0 Å². The molecule has 0 aliphatic carbocycles. The van der Waals surface area contributed by atoms with Crippen molar-refractivity contribution in [2.24, 2.45) is 0 Å². The number of halogens is 3. The summed E-state index contributed by atoms with van der Waals surface area (Å²) in [6.45, 7) is 1.80. The Morgan fingerprint density at radius 2 is 2.00 bits per heavy atom. The van der Waals surface area contributed by atoms with Crippen molar-refractivity contribution in [2.45, 2.75) is 19.0 Å². The summed E-state index contributed by atoms with van der Waals surface area (Å²) in [7, 11) is 0. The van der Waals surface area contributed by atoms with Gasteiger partial charge in [-0.2, -0.15) is 18.4 Å². The van der Waals surface area contributed by atoms with Gasteiger partial charge in [-0.3, -0.25) is 9.78 Å². The average molecular weight is 304 g/mol. The molecule has 0 saturated carbocycles. The lowest BCUT2D eigenvalue weighted by atomic mass is 9.94. The van der Waals surface area contributed by atoms with Gasteiger partial charge in [-0.15, -0.1) is 0 Å². The van der Waals surface area contributed by atoms with Gasteiger partial charge in [0.15, 0.2) is 11.7 Å². The Morgan fingerprint density at radius 3 is 2.50 bits per heavy atom. The molecular weight excluding hydrogens is 293 g/mol. The molecule has 0 amide bonds. The van der Waals surface area contributed by atoms with E-state index >= 15 is 0 Å². The number of aryl methyl sites for hydroxylation is 1. The van der Waals surface area contributed by atoms with Crippen molar-refractivity contribution < 1.29 is 18.0 Å². The van der Waals surface area contributed by atoms with Crippen molar-refractivity contribution in [1.82, 2.24) is 4.98 Å². The van der Waals surface area contributed by atoms with Crippen molar-refractivity contribution in [3.63, 3.8) is 0 Å². The lowest BCUT2D eigenvalue weighted by Crippen LogP contribution is -2.14. The number of Topliss-reactive ketones (excluding diaryl/α,β-unsaturated/α-hetero) is 1. The van der Waals surface area contributed by atoms with Gasteiger partial charge in [0, 0.05) is 11.8 Å². The largest absolute Gasteiger partial charge is 0.417 e. The van der Waals surface area contributed by atoms with Crippen LogP contribution in [0, 0.1) is 18.3 Å². The van der Waals surface area contributed by atoms with Crippen molar-refractivity contribution in [3.05, 3.63) is 65.0 Å². The van der Waals surface area contributed by atoms with Crippen LogP contribution in [0.4, 0.5) is 13.2 Å². The fraction of sp³-hybridized carbons (Fsp3) is 0.188. The first kappa shape index (κ1) is 15.7. The Labute approximate surface area is 125 Å². The molecule has 0 fully saturated rings. The average Bonchev–Trinajstić information content (AvgIpc) is 2.47. The van der Waals surface area contributed by atoms with E-state index in [0.717, 1.165) is 17.7 Å². The van der Waals surface area contributed by atoms with E-state index in [0.29, 0.717) is 11.8 Å². The van der Waals surface area contributed by atoms with Gasteiger partial charge < -0.3 is 0 Å². The van der Waals surface area contributed by atoms with E-state index in [1.807, 2.05) is 0 Å². The summed E-state index contributed by atoms with van der Waals surface area (Å²) in [5.41, 5.74) is 0.258. The molecule has 6 heteroatoms. The molecule has 1 aromatic heterocycles. The van der Waals surface area contributed by atoms with Crippen LogP contribution in [-0.2, 0) is 6.18 Å². The molecule has 3 nitrogen and oxygen atoms in total. The molecule has 0 radical (unpaired) electrons. The Balaban J connectivity index is 2.33. The van der Waals surface area contributed by atoms with Gasteiger partial charge in [0.25, 0.3) is 0 Å². The summed E-state index contributed by atoms with van der Waals surface area (Å²) >= 11 is 0. The number of aromatic nitrogens is 1. The summed E-state index contributed by atoms with van der Waals surface area (Å²) in [5.74, 6) is -1.72. The molecule has 2 aromatic rings. The number of ketones is 1. The maximum Gasteiger partial charge on any atom is 0.417 e. The van der Waals surface area contributed by atoms with Gasteiger partial charge in [-0.1, -0.05) is 23.8 Å². The summed E-state index contributed by atoms with van der Waals surface area (Å²) < 4.78 is 37.5. The van der Waals surface area contributed by atoms with Crippen LogP contribution in [0.15, 0.2) is 42.6 Å². The molecule has 22 heavy (non-hydrogen) atoms. The molecule has 1 heterocycles. The molecule has 112 valence electrons. The number of hydrogen-bond acceptors (Lipinski definition) is 3. The number of carbonyl (C=O) groups excluding carboxylic acids is 1. The highest BCUT2D eigenvalue weighted by atomic mass is 19.4. The number of benzene rings is 1. The van der Waals surface area contributed by atoms with Crippen LogP contribution >= 0.6 is 0 Å². The molecule has 0 N–H and O–H groups in total. The Kier molecular flexibility index (Phi) is 4.27. The SMILES string of the molecule is Cc1cccc(C(=O)C(C#N)c2ccc(C(F)(F)F)cn2)c1. The van der Waals surface area contributed by atoms with Gasteiger partial charge in [0.2, 0.25) is 0 Å².